The van der Waals surface area contributed by atoms with E-state index in [0.29, 0.717) is 0 Å². The molecular formula is C12H11F3N2S. The van der Waals surface area contributed by atoms with Gasteiger partial charge in [-0.3, -0.25) is 0 Å². The molecule has 0 saturated carbocycles. The fraction of sp³-hybridized carbons (Fsp3) is 0.250. The highest BCUT2D eigenvalue weighted by molar-refractivity contribution is 7.09. The second kappa shape index (κ2) is 4.97. The number of rotatable bonds is 3. The Hall–Kier alpha value is -1.56. The monoisotopic (exact) mass is 272 g/mol. The summed E-state index contributed by atoms with van der Waals surface area (Å²) in [6.07, 6.45) is 0. The number of halogens is 3. The van der Waals surface area contributed by atoms with Gasteiger partial charge in [-0.25, -0.2) is 18.2 Å². The number of hydrogen-bond donors (Lipinski definition) is 1. The largest absolute Gasteiger partial charge is 0.377 e. The minimum atomic E-state index is -1.46. The second-order valence-electron chi connectivity index (χ2n) is 3.92. The zero-order valence-electron chi connectivity index (χ0n) is 9.80. The van der Waals surface area contributed by atoms with E-state index in [-0.39, 0.29) is 11.7 Å². The van der Waals surface area contributed by atoms with Gasteiger partial charge < -0.3 is 5.32 Å². The van der Waals surface area contributed by atoms with E-state index in [1.807, 2.05) is 13.8 Å². The van der Waals surface area contributed by atoms with Crippen molar-refractivity contribution in [2.24, 2.45) is 0 Å². The van der Waals surface area contributed by atoms with Crippen LogP contribution < -0.4 is 5.32 Å². The van der Waals surface area contributed by atoms with Crippen LogP contribution in [0.3, 0.4) is 0 Å². The first-order valence-electron chi connectivity index (χ1n) is 5.30. The van der Waals surface area contributed by atoms with E-state index >= 15 is 0 Å². The molecule has 1 aromatic heterocycles. The number of hydrogen-bond acceptors (Lipinski definition) is 3. The van der Waals surface area contributed by atoms with Crippen LogP contribution >= 0.6 is 11.3 Å². The van der Waals surface area contributed by atoms with Crippen LogP contribution in [0.25, 0.3) is 0 Å². The molecule has 1 unspecified atom stereocenters. The van der Waals surface area contributed by atoms with Gasteiger partial charge in [0.2, 0.25) is 0 Å². The molecule has 0 fully saturated rings. The van der Waals surface area contributed by atoms with Crippen molar-refractivity contribution in [2.45, 2.75) is 19.9 Å². The van der Waals surface area contributed by atoms with Gasteiger partial charge in [0.1, 0.15) is 0 Å². The van der Waals surface area contributed by atoms with Crippen LogP contribution in [0.4, 0.5) is 18.9 Å². The maximum absolute atomic E-state index is 13.0. The normalized spacial score (nSPS) is 12.5. The van der Waals surface area contributed by atoms with Gasteiger partial charge >= 0.3 is 0 Å². The zero-order valence-corrected chi connectivity index (χ0v) is 10.6. The van der Waals surface area contributed by atoms with Gasteiger partial charge in [-0.15, -0.1) is 11.3 Å². The van der Waals surface area contributed by atoms with Crippen molar-refractivity contribution in [3.8, 4) is 0 Å². The lowest BCUT2D eigenvalue weighted by Crippen LogP contribution is -2.07. The first-order chi connectivity index (χ1) is 8.49. The van der Waals surface area contributed by atoms with Gasteiger partial charge in [-0.05, 0) is 13.8 Å². The average molecular weight is 272 g/mol. The fourth-order valence-corrected chi connectivity index (χ4v) is 2.49. The van der Waals surface area contributed by atoms with Gasteiger partial charge in [-0.1, -0.05) is 0 Å². The van der Waals surface area contributed by atoms with Crippen LogP contribution in [0.1, 0.15) is 23.5 Å². The summed E-state index contributed by atoms with van der Waals surface area (Å²) in [6.45, 7) is 3.70. The average Bonchev–Trinajstić information content (AvgIpc) is 2.72. The first-order valence-corrected chi connectivity index (χ1v) is 6.18. The molecule has 2 rings (SSSR count). The summed E-state index contributed by atoms with van der Waals surface area (Å²) >= 11 is 1.45. The summed E-state index contributed by atoms with van der Waals surface area (Å²) in [4.78, 5) is 5.07. The van der Waals surface area contributed by atoms with Gasteiger partial charge in [-0.2, -0.15) is 0 Å². The SMILES string of the molecule is Cc1ncsc1C(C)Nc1cc(F)c(F)c(F)c1. The summed E-state index contributed by atoms with van der Waals surface area (Å²) in [5.41, 5.74) is 2.77. The minimum Gasteiger partial charge on any atom is -0.377 e. The molecule has 1 atom stereocenters. The Morgan fingerprint density at radius 1 is 1.22 bits per heavy atom. The topological polar surface area (TPSA) is 24.9 Å². The molecule has 0 saturated heterocycles. The Bertz CT molecular complexity index is 545. The highest BCUT2D eigenvalue weighted by Crippen LogP contribution is 2.26. The molecule has 6 heteroatoms. The molecule has 0 radical (unpaired) electrons. The van der Waals surface area contributed by atoms with Crippen LogP contribution in [0.15, 0.2) is 17.6 Å². The predicted molar refractivity (Wildman–Crippen MR) is 65.2 cm³/mol. The molecule has 0 aliphatic rings. The third-order valence-electron chi connectivity index (χ3n) is 2.54. The molecule has 1 heterocycles. The number of nitrogens with zero attached hydrogens (tertiary/aromatic N) is 1. The Labute approximate surface area is 106 Å². The zero-order chi connectivity index (χ0) is 13.3. The van der Waals surface area contributed by atoms with Crippen molar-refractivity contribution in [3.63, 3.8) is 0 Å². The van der Waals surface area contributed by atoms with Crippen LogP contribution in [0.5, 0.6) is 0 Å². The van der Waals surface area contributed by atoms with E-state index in [0.717, 1.165) is 22.7 Å². The maximum atomic E-state index is 13.0. The van der Waals surface area contributed by atoms with E-state index in [4.69, 9.17) is 0 Å². The van der Waals surface area contributed by atoms with Crippen LogP contribution in [0, 0.1) is 24.4 Å². The Morgan fingerprint density at radius 3 is 2.33 bits per heavy atom. The molecule has 0 aliphatic heterocycles. The molecule has 0 spiro atoms. The third-order valence-corrected chi connectivity index (χ3v) is 3.66. The minimum absolute atomic E-state index is 0.151. The summed E-state index contributed by atoms with van der Waals surface area (Å²) in [5, 5.41) is 2.92. The van der Waals surface area contributed by atoms with Crippen molar-refractivity contribution in [3.05, 3.63) is 45.7 Å². The van der Waals surface area contributed by atoms with Crippen molar-refractivity contribution >= 4 is 17.0 Å². The van der Waals surface area contributed by atoms with Crippen molar-refractivity contribution in [1.82, 2.24) is 4.98 Å². The molecule has 1 N–H and O–H groups in total. The number of aromatic nitrogens is 1. The van der Waals surface area contributed by atoms with Gasteiger partial charge in [0, 0.05) is 22.7 Å². The molecule has 2 nitrogen and oxygen atoms in total. The quantitative estimate of drug-likeness (QED) is 0.853. The first kappa shape index (κ1) is 12.9. The number of nitrogens with one attached hydrogen (secondary N) is 1. The molecule has 0 amide bonds. The van der Waals surface area contributed by atoms with Gasteiger partial charge in [0.15, 0.2) is 17.5 Å². The highest BCUT2D eigenvalue weighted by atomic mass is 32.1. The molecule has 1 aromatic carbocycles. The lowest BCUT2D eigenvalue weighted by molar-refractivity contribution is 0.447. The number of anilines is 1. The molecule has 96 valence electrons. The molecule has 0 aliphatic carbocycles. The molecule has 18 heavy (non-hydrogen) atoms. The molecule has 2 aromatic rings. The Balaban J connectivity index is 2.22. The van der Waals surface area contributed by atoms with Gasteiger partial charge in [0.05, 0.1) is 17.2 Å². The fourth-order valence-electron chi connectivity index (χ4n) is 1.68. The number of thiazole rings is 1. The molecular weight excluding hydrogens is 261 g/mol. The van der Waals surface area contributed by atoms with E-state index < -0.39 is 17.5 Å². The predicted octanol–water partition coefficient (Wildman–Crippen LogP) is 4.04. The second-order valence-corrected chi connectivity index (χ2v) is 4.81. The van der Waals surface area contributed by atoms with E-state index in [9.17, 15) is 13.2 Å². The molecule has 0 bridgehead atoms. The maximum Gasteiger partial charge on any atom is 0.194 e. The lowest BCUT2D eigenvalue weighted by atomic mass is 10.2. The van der Waals surface area contributed by atoms with Crippen molar-refractivity contribution in [1.29, 1.82) is 0 Å². The van der Waals surface area contributed by atoms with Crippen LogP contribution in [-0.2, 0) is 0 Å². The lowest BCUT2D eigenvalue weighted by Gasteiger charge is -2.14. The Morgan fingerprint density at radius 2 is 1.83 bits per heavy atom. The van der Waals surface area contributed by atoms with E-state index in [1.165, 1.54) is 11.3 Å². The van der Waals surface area contributed by atoms with Crippen molar-refractivity contribution in [2.75, 3.05) is 5.32 Å². The summed E-state index contributed by atoms with van der Waals surface area (Å²) < 4.78 is 38.9. The smallest absolute Gasteiger partial charge is 0.194 e. The Kier molecular flexibility index (Phi) is 3.56. The number of benzene rings is 1. The van der Waals surface area contributed by atoms with Gasteiger partial charge in [0.25, 0.3) is 0 Å². The van der Waals surface area contributed by atoms with Crippen molar-refractivity contribution < 1.29 is 13.2 Å². The standard InChI is InChI=1S/C12H11F3N2S/c1-6-12(18-5-16-6)7(2)17-8-3-9(13)11(15)10(14)4-8/h3-5,7,17H,1-2H3. The van der Waals surface area contributed by atoms with E-state index in [2.05, 4.69) is 10.3 Å². The van der Waals surface area contributed by atoms with Crippen LogP contribution in [0.2, 0.25) is 0 Å². The third kappa shape index (κ3) is 2.48. The highest BCUT2D eigenvalue weighted by Gasteiger charge is 2.14. The van der Waals surface area contributed by atoms with E-state index in [1.54, 1.807) is 5.51 Å². The summed E-state index contributed by atoms with van der Waals surface area (Å²) in [6, 6.07) is 1.72. The number of aryl methyl sites for hydroxylation is 1. The van der Waals surface area contributed by atoms with Crippen LogP contribution in [-0.4, -0.2) is 4.98 Å². The summed E-state index contributed by atoms with van der Waals surface area (Å²) in [7, 11) is 0. The summed E-state index contributed by atoms with van der Waals surface area (Å²) in [5.74, 6) is -3.86.